The van der Waals surface area contributed by atoms with Gasteiger partial charge in [0, 0.05) is 12.5 Å². The number of rotatable bonds is 3. The molecule has 1 rings (SSSR count). The van der Waals surface area contributed by atoms with Crippen LogP contribution in [0.4, 0.5) is 0 Å². The number of hydrogen-bond acceptors (Lipinski definition) is 2. The lowest BCUT2D eigenvalue weighted by Crippen LogP contribution is -1.96. The van der Waals surface area contributed by atoms with E-state index in [2.05, 4.69) is 0 Å². The fraction of sp³-hybridized carbons (Fsp3) is 0.333. The summed E-state index contributed by atoms with van der Waals surface area (Å²) in [5, 5.41) is 10.6. The Labute approximate surface area is 89.6 Å². The zero-order chi connectivity index (χ0) is 11.4. The molecule has 0 amide bonds. The molecule has 0 aromatic heterocycles. The van der Waals surface area contributed by atoms with Gasteiger partial charge in [-0.05, 0) is 30.5 Å². The van der Waals surface area contributed by atoms with Crippen LogP contribution in [0.5, 0.6) is 0 Å². The predicted molar refractivity (Wildman–Crippen MR) is 61.2 cm³/mol. The molecule has 0 unspecified atom stereocenters. The summed E-state index contributed by atoms with van der Waals surface area (Å²) in [5.41, 5.74) is 3.50. The number of aryl methyl sites for hydroxylation is 2. The van der Waals surface area contributed by atoms with Crippen molar-refractivity contribution >= 4 is 6.08 Å². The highest BCUT2D eigenvalue weighted by atomic mass is 16.6. The zero-order valence-electron chi connectivity index (χ0n) is 9.28. The molecule has 80 valence electrons. The first-order valence-corrected chi connectivity index (χ1v) is 4.96. The SMILES string of the molecule is CC/C(=C/c1ccc(C)c(C)c1)[N+](=O)[O-]. The molecule has 0 atom stereocenters. The lowest BCUT2D eigenvalue weighted by atomic mass is 10.1. The van der Waals surface area contributed by atoms with Gasteiger partial charge >= 0.3 is 0 Å². The van der Waals surface area contributed by atoms with E-state index in [1.807, 2.05) is 32.0 Å². The minimum absolute atomic E-state index is 0.248. The summed E-state index contributed by atoms with van der Waals surface area (Å²) in [7, 11) is 0. The first-order chi connectivity index (χ1) is 7.04. The minimum Gasteiger partial charge on any atom is -0.259 e. The molecule has 0 fully saturated rings. The Morgan fingerprint density at radius 2 is 2.07 bits per heavy atom. The normalized spacial score (nSPS) is 11.5. The van der Waals surface area contributed by atoms with E-state index in [0.29, 0.717) is 6.42 Å². The molecule has 15 heavy (non-hydrogen) atoms. The van der Waals surface area contributed by atoms with Crippen LogP contribution in [0.15, 0.2) is 23.9 Å². The van der Waals surface area contributed by atoms with Crippen LogP contribution in [0.2, 0.25) is 0 Å². The molecule has 0 bridgehead atoms. The van der Waals surface area contributed by atoms with Gasteiger partial charge in [0.25, 0.3) is 0 Å². The molecule has 0 saturated carbocycles. The monoisotopic (exact) mass is 205 g/mol. The van der Waals surface area contributed by atoms with Gasteiger partial charge in [0.2, 0.25) is 5.70 Å². The van der Waals surface area contributed by atoms with Gasteiger partial charge in [-0.1, -0.05) is 25.1 Å². The Kier molecular flexibility index (Phi) is 3.61. The third-order valence-electron chi connectivity index (χ3n) is 2.46. The summed E-state index contributed by atoms with van der Waals surface area (Å²) in [6.07, 6.45) is 2.08. The van der Waals surface area contributed by atoms with Crippen molar-refractivity contribution in [1.82, 2.24) is 0 Å². The summed E-state index contributed by atoms with van der Waals surface area (Å²) in [6, 6.07) is 5.85. The number of hydrogen-bond donors (Lipinski definition) is 0. The fourth-order valence-corrected chi connectivity index (χ4v) is 1.33. The maximum atomic E-state index is 10.6. The lowest BCUT2D eigenvalue weighted by molar-refractivity contribution is -0.425. The number of nitrogens with zero attached hydrogens (tertiary/aromatic N) is 1. The van der Waals surface area contributed by atoms with E-state index in [1.54, 1.807) is 13.0 Å². The second-order valence-electron chi connectivity index (χ2n) is 3.59. The lowest BCUT2D eigenvalue weighted by Gasteiger charge is -2.01. The second-order valence-corrected chi connectivity index (χ2v) is 3.59. The van der Waals surface area contributed by atoms with E-state index in [1.165, 1.54) is 5.56 Å². The van der Waals surface area contributed by atoms with Crippen LogP contribution in [-0.4, -0.2) is 4.92 Å². The Hall–Kier alpha value is -1.64. The topological polar surface area (TPSA) is 43.1 Å². The maximum absolute atomic E-state index is 10.6. The second kappa shape index (κ2) is 4.73. The highest BCUT2D eigenvalue weighted by molar-refractivity contribution is 5.53. The summed E-state index contributed by atoms with van der Waals surface area (Å²) < 4.78 is 0. The molecular formula is C12H15NO2. The van der Waals surface area contributed by atoms with Gasteiger partial charge in [-0.3, -0.25) is 10.1 Å². The fourth-order valence-electron chi connectivity index (χ4n) is 1.33. The van der Waals surface area contributed by atoms with Crippen molar-refractivity contribution in [3.63, 3.8) is 0 Å². The van der Waals surface area contributed by atoms with Crippen LogP contribution < -0.4 is 0 Å². The largest absolute Gasteiger partial charge is 0.259 e. The molecule has 0 aliphatic rings. The zero-order valence-corrected chi connectivity index (χ0v) is 9.28. The van der Waals surface area contributed by atoms with Gasteiger partial charge in [0.1, 0.15) is 0 Å². The molecule has 0 N–H and O–H groups in total. The van der Waals surface area contributed by atoms with Crippen LogP contribution >= 0.6 is 0 Å². The van der Waals surface area contributed by atoms with Gasteiger partial charge in [-0.15, -0.1) is 0 Å². The summed E-state index contributed by atoms with van der Waals surface area (Å²) >= 11 is 0. The molecule has 0 spiro atoms. The number of nitro groups is 1. The van der Waals surface area contributed by atoms with Crippen molar-refractivity contribution in [2.45, 2.75) is 27.2 Å². The van der Waals surface area contributed by atoms with Crippen molar-refractivity contribution in [3.05, 3.63) is 50.7 Å². The Bertz CT molecular complexity index is 408. The van der Waals surface area contributed by atoms with E-state index < -0.39 is 0 Å². The predicted octanol–water partition coefficient (Wildman–Crippen LogP) is 3.33. The Morgan fingerprint density at radius 1 is 1.40 bits per heavy atom. The molecule has 1 aromatic carbocycles. The summed E-state index contributed by atoms with van der Waals surface area (Å²) in [4.78, 5) is 10.3. The van der Waals surface area contributed by atoms with E-state index >= 15 is 0 Å². The van der Waals surface area contributed by atoms with Crippen LogP contribution in [0.3, 0.4) is 0 Å². The molecule has 0 radical (unpaired) electrons. The standard InChI is InChI=1S/C12H15NO2/c1-4-12(13(14)15)8-11-6-5-9(2)10(3)7-11/h5-8H,4H2,1-3H3/b12-8-. The Balaban J connectivity index is 3.07. The van der Waals surface area contributed by atoms with E-state index in [0.717, 1.165) is 11.1 Å². The van der Waals surface area contributed by atoms with Gasteiger partial charge in [-0.2, -0.15) is 0 Å². The number of allylic oxidation sites excluding steroid dienone is 1. The highest BCUT2D eigenvalue weighted by Crippen LogP contribution is 2.14. The molecule has 0 aliphatic carbocycles. The van der Waals surface area contributed by atoms with Crippen LogP contribution in [-0.2, 0) is 0 Å². The minimum atomic E-state index is -0.324. The van der Waals surface area contributed by atoms with Gasteiger partial charge in [0.05, 0.1) is 4.92 Å². The first-order valence-electron chi connectivity index (χ1n) is 4.96. The Morgan fingerprint density at radius 3 is 2.53 bits per heavy atom. The van der Waals surface area contributed by atoms with E-state index in [4.69, 9.17) is 0 Å². The van der Waals surface area contributed by atoms with Crippen molar-refractivity contribution in [3.8, 4) is 0 Å². The summed E-state index contributed by atoms with van der Waals surface area (Å²) in [5.74, 6) is 0. The van der Waals surface area contributed by atoms with Crippen molar-refractivity contribution in [1.29, 1.82) is 0 Å². The molecule has 3 nitrogen and oxygen atoms in total. The average Bonchev–Trinajstić information content (AvgIpc) is 2.19. The van der Waals surface area contributed by atoms with Crippen LogP contribution in [0.1, 0.15) is 30.0 Å². The van der Waals surface area contributed by atoms with Gasteiger partial charge in [0.15, 0.2) is 0 Å². The van der Waals surface area contributed by atoms with Gasteiger partial charge < -0.3 is 0 Å². The molecule has 0 heterocycles. The van der Waals surface area contributed by atoms with Crippen LogP contribution in [0, 0.1) is 24.0 Å². The third kappa shape index (κ3) is 2.91. The maximum Gasteiger partial charge on any atom is 0.246 e. The van der Waals surface area contributed by atoms with Crippen molar-refractivity contribution in [2.24, 2.45) is 0 Å². The molecule has 1 aromatic rings. The van der Waals surface area contributed by atoms with Crippen molar-refractivity contribution in [2.75, 3.05) is 0 Å². The average molecular weight is 205 g/mol. The summed E-state index contributed by atoms with van der Waals surface area (Å²) in [6.45, 7) is 5.82. The molecule has 0 aliphatic heterocycles. The van der Waals surface area contributed by atoms with Crippen LogP contribution in [0.25, 0.3) is 6.08 Å². The van der Waals surface area contributed by atoms with E-state index in [-0.39, 0.29) is 10.6 Å². The first kappa shape index (κ1) is 11.4. The van der Waals surface area contributed by atoms with Gasteiger partial charge in [-0.25, -0.2) is 0 Å². The smallest absolute Gasteiger partial charge is 0.246 e. The highest BCUT2D eigenvalue weighted by Gasteiger charge is 2.06. The molecule has 0 saturated heterocycles. The third-order valence-corrected chi connectivity index (χ3v) is 2.46. The van der Waals surface area contributed by atoms with Crippen molar-refractivity contribution < 1.29 is 4.92 Å². The molecule has 3 heteroatoms. The molecular weight excluding hydrogens is 190 g/mol. The number of benzene rings is 1. The van der Waals surface area contributed by atoms with E-state index in [9.17, 15) is 10.1 Å². The quantitative estimate of drug-likeness (QED) is 0.561.